The zero-order chi connectivity index (χ0) is 16.4. The number of carbonyl (C=O) groups excluding carboxylic acids is 2. The van der Waals surface area contributed by atoms with E-state index in [2.05, 4.69) is 6.92 Å². The Morgan fingerprint density at radius 3 is 2.09 bits per heavy atom. The fraction of sp³-hybridized carbons (Fsp3) is 0.0625. The van der Waals surface area contributed by atoms with Crippen molar-refractivity contribution >= 4 is 11.7 Å². The Hall–Kier alpha value is -3.02. The quantitative estimate of drug-likeness (QED) is 0.506. The highest BCUT2D eigenvalue weighted by Gasteiger charge is 2.23. The van der Waals surface area contributed by atoms with Crippen molar-refractivity contribution in [2.24, 2.45) is 5.73 Å². The van der Waals surface area contributed by atoms with Crippen LogP contribution in [0.25, 0.3) is 0 Å². The molecule has 1 atom stereocenters. The topological polar surface area (TPSA) is 121 Å². The summed E-state index contributed by atoms with van der Waals surface area (Å²) >= 11 is 0. The van der Waals surface area contributed by atoms with Crippen LogP contribution in [0, 0.1) is 6.92 Å². The first kappa shape index (κ1) is 15.4. The van der Waals surface area contributed by atoms with Gasteiger partial charge in [-0.25, -0.2) is 0 Å². The molecule has 6 nitrogen and oxygen atoms in total. The molecular formula is C16H14NO5. The Bertz CT molecular complexity index is 737. The molecule has 1 unspecified atom stereocenters. The highest BCUT2D eigenvalue weighted by atomic mass is 16.3. The van der Waals surface area contributed by atoms with Crippen molar-refractivity contribution in [1.82, 2.24) is 0 Å². The largest absolute Gasteiger partial charge is 0.504 e. The van der Waals surface area contributed by atoms with Gasteiger partial charge in [-0.1, -0.05) is 12.1 Å². The van der Waals surface area contributed by atoms with Crippen LogP contribution in [0.1, 0.15) is 32.2 Å². The monoisotopic (exact) mass is 300 g/mol. The van der Waals surface area contributed by atoms with E-state index in [-0.39, 0.29) is 5.56 Å². The molecule has 22 heavy (non-hydrogen) atoms. The summed E-state index contributed by atoms with van der Waals surface area (Å²) in [5.74, 6) is -3.98. The second-order valence-corrected chi connectivity index (χ2v) is 4.73. The molecular weight excluding hydrogens is 286 g/mol. The number of phenols is 3. The number of carbonyl (C=O) groups is 2. The van der Waals surface area contributed by atoms with Crippen molar-refractivity contribution in [2.45, 2.75) is 5.92 Å². The molecule has 0 bridgehead atoms. The van der Waals surface area contributed by atoms with E-state index in [9.17, 15) is 24.9 Å². The Labute approximate surface area is 126 Å². The van der Waals surface area contributed by atoms with Crippen LogP contribution in [0.4, 0.5) is 0 Å². The van der Waals surface area contributed by atoms with Gasteiger partial charge in [0.15, 0.2) is 17.3 Å². The Morgan fingerprint density at radius 2 is 1.55 bits per heavy atom. The van der Waals surface area contributed by atoms with Crippen LogP contribution in [0.2, 0.25) is 0 Å². The van der Waals surface area contributed by atoms with Crippen LogP contribution < -0.4 is 5.73 Å². The predicted molar refractivity (Wildman–Crippen MR) is 78.8 cm³/mol. The van der Waals surface area contributed by atoms with Gasteiger partial charge in [0.05, 0.1) is 5.56 Å². The standard InChI is InChI=1S/C16H14NO5/c1-8(9-2-4-10(5-3-9)16(17)22)13(19)11-6-7-12(18)15(21)14(11)20/h2-8,18,20-21H,1H2,(H2,17,22). The van der Waals surface area contributed by atoms with Gasteiger partial charge in [0.25, 0.3) is 0 Å². The van der Waals surface area contributed by atoms with Gasteiger partial charge in [-0.15, -0.1) is 0 Å². The number of primary amides is 1. The van der Waals surface area contributed by atoms with Crippen molar-refractivity contribution in [3.63, 3.8) is 0 Å². The van der Waals surface area contributed by atoms with Crippen LogP contribution in [-0.4, -0.2) is 27.0 Å². The van der Waals surface area contributed by atoms with Crippen molar-refractivity contribution in [2.75, 3.05) is 0 Å². The van der Waals surface area contributed by atoms with Gasteiger partial charge in [-0.3, -0.25) is 9.59 Å². The van der Waals surface area contributed by atoms with Crippen molar-refractivity contribution in [3.8, 4) is 17.2 Å². The van der Waals surface area contributed by atoms with E-state index in [1.807, 2.05) is 0 Å². The summed E-state index contributed by atoms with van der Waals surface area (Å²) in [5, 5.41) is 28.5. The molecule has 1 radical (unpaired) electrons. The smallest absolute Gasteiger partial charge is 0.248 e. The molecule has 1 amide bonds. The van der Waals surface area contributed by atoms with Crippen LogP contribution in [-0.2, 0) is 0 Å². The summed E-state index contributed by atoms with van der Waals surface area (Å²) in [4.78, 5) is 23.3. The average Bonchev–Trinajstić information content (AvgIpc) is 2.51. The first-order chi connectivity index (χ1) is 10.3. The lowest BCUT2D eigenvalue weighted by Gasteiger charge is -2.13. The maximum absolute atomic E-state index is 12.3. The van der Waals surface area contributed by atoms with Gasteiger partial charge in [0, 0.05) is 11.5 Å². The molecule has 6 heteroatoms. The maximum Gasteiger partial charge on any atom is 0.248 e. The zero-order valence-electron chi connectivity index (χ0n) is 11.5. The molecule has 0 aliphatic carbocycles. The van der Waals surface area contributed by atoms with Crippen LogP contribution >= 0.6 is 0 Å². The number of hydrogen-bond acceptors (Lipinski definition) is 5. The summed E-state index contributed by atoms with van der Waals surface area (Å²) in [6, 6.07) is 8.31. The number of amides is 1. The Kier molecular flexibility index (Phi) is 4.03. The molecule has 0 aliphatic rings. The number of aromatic hydroxyl groups is 3. The molecule has 5 N–H and O–H groups in total. The Morgan fingerprint density at radius 1 is 0.955 bits per heavy atom. The highest BCUT2D eigenvalue weighted by molar-refractivity contribution is 6.04. The normalized spacial score (nSPS) is 11.9. The predicted octanol–water partition coefficient (Wildman–Crippen LogP) is 1.70. The number of rotatable bonds is 4. The van der Waals surface area contributed by atoms with E-state index in [0.717, 1.165) is 6.07 Å². The second kappa shape index (κ2) is 5.77. The second-order valence-electron chi connectivity index (χ2n) is 4.73. The third kappa shape index (κ3) is 2.71. The zero-order valence-corrected chi connectivity index (χ0v) is 11.5. The summed E-state index contributed by atoms with van der Waals surface area (Å²) < 4.78 is 0. The SMILES string of the molecule is [CH2]C(C(=O)c1ccc(O)c(O)c1O)c1ccc(C(N)=O)cc1. The van der Waals surface area contributed by atoms with E-state index in [1.165, 1.54) is 30.3 Å². The van der Waals surface area contributed by atoms with Crippen molar-refractivity contribution < 1.29 is 24.9 Å². The first-order valence-electron chi connectivity index (χ1n) is 6.34. The molecule has 2 aromatic carbocycles. The number of ketones is 1. The van der Waals surface area contributed by atoms with Crippen LogP contribution in [0.3, 0.4) is 0 Å². The molecule has 0 spiro atoms. The van der Waals surface area contributed by atoms with Crippen LogP contribution in [0.15, 0.2) is 36.4 Å². The van der Waals surface area contributed by atoms with Crippen molar-refractivity contribution in [1.29, 1.82) is 0 Å². The van der Waals surface area contributed by atoms with E-state index >= 15 is 0 Å². The summed E-state index contributed by atoms with van der Waals surface area (Å²) in [5.41, 5.74) is 5.79. The lowest BCUT2D eigenvalue weighted by Crippen LogP contribution is -2.13. The lowest BCUT2D eigenvalue weighted by molar-refractivity contribution is 0.0970. The maximum atomic E-state index is 12.3. The molecule has 2 aromatic rings. The number of hydrogen-bond donors (Lipinski definition) is 4. The highest BCUT2D eigenvalue weighted by Crippen LogP contribution is 2.38. The number of nitrogens with two attached hydrogens (primary N) is 1. The molecule has 0 heterocycles. The third-order valence-electron chi connectivity index (χ3n) is 3.31. The summed E-state index contributed by atoms with van der Waals surface area (Å²) in [6.07, 6.45) is 0. The van der Waals surface area contributed by atoms with Gasteiger partial charge in [-0.2, -0.15) is 0 Å². The van der Waals surface area contributed by atoms with Crippen molar-refractivity contribution in [3.05, 3.63) is 60.0 Å². The summed E-state index contributed by atoms with van der Waals surface area (Å²) in [6.45, 7) is 3.73. The fourth-order valence-corrected chi connectivity index (χ4v) is 1.99. The van der Waals surface area contributed by atoms with Gasteiger partial charge in [0.2, 0.25) is 11.7 Å². The molecule has 0 aromatic heterocycles. The van der Waals surface area contributed by atoms with Gasteiger partial charge in [-0.05, 0) is 36.8 Å². The van der Waals surface area contributed by atoms with E-state index in [1.54, 1.807) is 0 Å². The number of Topliss-reactive ketones (excluding diaryl/α,β-unsaturated/α-hetero) is 1. The minimum absolute atomic E-state index is 0.158. The minimum Gasteiger partial charge on any atom is -0.504 e. The number of phenolic OH excluding ortho intramolecular Hbond substituents is 3. The van der Waals surface area contributed by atoms with Gasteiger partial charge >= 0.3 is 0 Å². The molecule has 0 aliphatic heterocycles. The average molecular weight is 300 g/mol. The molecule has 0 saturated carbocycles. The van der Waals surface area contributed by atoms with Crippen LogP contribution in [0.5, 0.6) is 17.2 Å². The summed E-state index contributed by atoms with van der Waals surface area (Å²) in [7, 11) is 0. The molecule has 113 valence electrons. The first-order valence-corrected chi connectivity index (χ1v) is 6.34. The minimum atomic E-state index is -0.864. The molecule has 2 rings (SSSR count). The van der Waals surface area contributed by atoms with Gasteiger partial charge < -0.3 is 21.1 Å². The van der Waals surface area contributed by atoms with E-state index in [4.69, 9.17) is 5.73 Å². The number of benzene rings is 2. The third-order valence-corrected chi connectivity index (χ3v) is 3.31. The molecule has 0 saturated heterocycles. The fourth-order valence-electron chi connectivity index (χ4n) is 1.99. The van der Waals surface area contributed by atoms with E-state index < -0.39 is 34.9 Å². The molecule has 0 fully saturated rings. The van der Waals surface area contributed by atoms with Gasteiger partial charge in [0.1, 0.15) is 0 Å². The Balaban J connectivity index is 2.33. The van der Waals surface area contributed by atoms with E-state index in [0.29, 0.717) is 11.1 Å². The lowest BCUT2D eigenvalue weighted by atomic mass is 9.91.